The summed E-state index contributed by atoms with van der Waals surface area (Å²) in [5.41, 5.74) is 7.26. The molecule has 0 radical (unpaired) electrons. The number of halogens is 1. The van der Waals surface area contributed by atoms with Crippen LogP contribution in [-0.2, 0) is 0 Å². The number of hydrogen-bond donors (Lipinski definition) is 1. The Labute approximate surface area is 109 Å². The second-order valence-corrected chi connectivity index (χ2v) is 5.70. The highest BCUT2D eigenvalue weighted by Gasteiger charge is 2.26. The van der Waals surface area contributed by atoms with Crippen molar-refractivity contribution in [3.8, 4) is 0 Å². The standard InChI is InChI=1S/C15H23FN2/c1-11-3-8-15(17)12(9-11)10-18(2)14-6-4-13(16)5-7-14/h4-7,11-12,15H,3,8-10,17H2,1-2H3. The molecule has 1 aliphatic rings. The summed E-state index contributed by atoms with van der Waals surface area (Å²) < 4.78 is 12.9. The fourth-order valence-electron chi connectivity index (χ4n) is 2.88. The summed E-state index contributed by atoms with van der Waals surface area (Å²) in [4.78, 5) is 2.18. The van der Waals surface area contributed by atoms with Gasteiger partial charge in [0.15, 0.2) is 0 Å². The van der Waals surface area contributed by atoms with Gasteiger partial charge in [-0.3, -0.25) is 0 Å². The molecular weight excluding hydrogens is 227 g/mol. The lowest BCUT2D eigenvalue weighted by atomic mass is 9.79. The lowest BCUT2D eigenvalue weighted by molar-refractivity contribution is 0.250. The number of hydrogen-bond acceptors (Lipinski definition) is 2. The summed E-state index contributed by atoms with van der Waals surface area (Å²) in [7, 11) is 2.05. The predicted octanol–water partition coefficient (Wildman–Crippen LogP) is 3.03. The SMILES string of the molecule is CC1CCC(N)C(CN(C)c2ccc(F)cc2)C1. The Morgan fingerprint density at radius 1 is 1.28 bits per heavy atom. The third-order valence-electron chi connectivity index (χ3n) is 4.08. The lowest BCUT2D eigenvalue weighted by Gasteiger charge is -2.35. The Morgan fingerprint density at radius 2 is 1.94 bits per heavy atom. The van der Waals surface area contributed by atoms with E-state index in [1.165, 1.54) is 25.0 Å². The first-order chi connectivity index (χ1) is 8.56. The summed E-state index contributed by atoms with van der Waals surface area (Å²) in [5.74, 6) is 1.13. The average molecular weight is 250 g/mol. The molecule has 0 aromatic heterocycles. The van der Waals surface area contributed by atoms with Gasteiger partial charge in [-0.15, -0.1) is 0 Å². The molecule has 1 fully saturated rings. The van der Waals surface area contributed by atoms with Crippen molar-refractivity contribution in [2.45, 2.75) is 32.2 Å². The first-order valence-electron chi connectivity index (χ1n) is 6.78. The Balaban J connectivity index is 1.97. The van der Waals surface area contributed by atoms with Crippen molar-refractivity contribution >= 4 is 5.69 Å². The third-order valence-corrected chi connectivity index (χ3v) is 4.08. The van der Waals surface area contributed by atoms with Gasteiger partial charge in [0.1, 0.15) is 5.82 Å². The van der Waals surface area contributed by atoms with Crippen molar-refractivity contribution < 1.29 is 4.39 Å². The van der Waals surface area contributed by atoms with Gasteiger partial charge >= 0.3 is 0 Å². The van der Waals surface area contributed by atoms with Crippen molar-refractivity contribution in [1.82, 2.24) is 0 Å². The molecule has 1 aromatic carbocycles. The zero-order valence-corrected chi connectivity index (χ0v) is 11.3. The number of nitrogens with two attached hydrogens (primary N) is 1. The van der Waals surface area contributed by atoms with Gasteiger partial charge in [-0.2, -0.15) is 0 Å². The molecule has 3 unspecified atom stereocenters. The van der Waals surface area contributed by atoms with E-state index in [9.17, 15) is 4.39 Å². The molecule has 1 saturated carbocycles. The van der Waals surface area contributed by atoms with E-state index < -0.39 is 0 Å². The Bertz CT molecular complexity index is 377. The van der Waals surface area contributed by atoms with Crippen LogP contribution >= 0.6 is 0 Å². The summed E-state index contributed by atoms with van der Waals surface area (Å²) >= 11 is 0. The van der Waals surface area contributed by atoms with E-state index in [0.717, 1.165) is 24.6 Å². The summed E-state index contributed by atoms with van der Waals surface area (Å²) in [6.07, 6.45) is 3.58. The topological polar surface area (TPSA) is 29.3 Å². The van der Waals surface area contributed by atoms with Crippen LogP contribution in [0.2, 0.25) is 0 Å². The van der Waals surface area contributed by atoms with E-state index in [4.69, 9.17) is 5.73 Å². The molecule has 0 amide bonds. The largest absolute Gasteiger partial charge is 0.374 e. The van der Waals surface area contributed by atoms with E-state index in [-0.39, 0.29) is 5.82 Å². The van der Waals surface area contributed by atoms with Crippen molar-refractivity contribution in [2.24, 2.45) is 17.6 Å². The Kier molecular flexibility index (Phi) is 4.23. The number of rotatable bonds is 3. The van der Waals surface area contributed by atoms with E-state index in [2.05, 4.69) is 18.9 Å². The second kappa shape index (κ2) is 5.70. The molecule has 2 rings (SSSR count). The maximum atomic E-state index is 12.9. The van der Waals surface area contributed by atoms with Crippen LogP contribution < -0.4 is 10.6 Å². The molecule has 0 bridgehead atoms. The van der Waals surface area contributed by atoms with E-state index >= 15 is 0 Å². The van der Waals surface area contributed by atoms with Crippen LogP contribution in [0, 0.1) is 17.7 Å². The molecule has 0 heterocycles. The third kappa shape index (κ3) is 3.22. The molecule has 2 N–H and O–H groups in total. The van der Waals surface area contributed by atoms with Crippen molar-refractivity contribution in [3.05, 3.63) is 30.1 Å². The molecule has 100 valence electrons. The van der Waals surface area contributed by atoms with Crippen LogP contribution in [0.15, 0.2) is 24.3 Å². The van der Waals surface area contributed by atoms with Gasteiger partial charge in [-0.1, -0.05) is 6.92 Å². The maximum Gasteiger partial charge on any atom is 0.123 e. The highest BCUT2D eigenvalue weighted by atomic mass is 19.1. The zero-order valence-electron chi connectivity index (χ0n) is 11.3. The van der Waals surface area contributed by atoms with Gasteiger partial charge in [0, 0.05) is 25.3 Å². The van der Waals surface area contributed by atoms with E-state index in [1.807, 2.05) is 12.1 Å². The minimum Gasteiger partial charge on any atom is -0.374 e. The van der Waals surface area contributed by atoms with Gasteiger partial charge < -0.3 is 10.6 Å². The minimum absolute atomic E-state index is 0.185. The fraction of sp³-hybridized carbons (Fsp3) is 0.600. The van der Waals surface area contributed by atoms with Crippen molar-refractivity contribution in [1.29, 1.82) is 0 Å². The molecule has 3 heteroatoms. The molecule has 0 spiro atoms. The van der Waals surface area contributed by atoms with Crippen LogP contribution in [0.1, 0.15) is 26.2 Å². The monoisotopic (exact) mass is 250 g/mol. The van der Waals surface area contributed by atoms with Crippen LogP contribution in [0.4, 0.5) is 10.1 Å². The normalized spacial score (nSPS) is 28.1. The highest BCUT2D eigenvalue weighted by molar-refractivity contribution is 5.45. The second-order valence-electron chi connectivity index (χ2n) is 5.70. The van der Waals surface area contributed by atoms with Gasteiger partial charge in [-0.25, -0.2) is 4.39 Å². The predicted molar refractivity (Wildman–Crippen MR) is 74.2 cm³/mol. The lowest BCUT2D eigenvalue weighted by Crippen LogP contribution is -2.41. The van der Waals surface area contributed by atoms with Crippen LogP contribution in [0.5, 0.6) is 0 Å². The molecule has 1 aromatic rings. The molecule has 0 aliphatic heterocycles. The molecular formula is C15H23FN2. The van der Waals surface area contributed by atoms with Crippen LogP contribution in [-0.4, -0.2) is 19.6 Å². The smallest absolute Gasteiger partial charge is 0.123 e. The molecule has 18 heavy (non-hydrogen) atoms. The Hall–Kier alpha value is -1.09. The highest BCUT2D eigenvalue weighted by Crippen LogP contribution is 2.29. The summed E-state index contributed by atoms with van der Waals surface area (Å²) in [5, 5.41) is 0. The van der Waals surface area contributed by atoms with Gasteiger partial charge in [0.2, 0.25) is 0 Å². The number of benzene rings is 1. The van der Waals surface area contributed by atoms with E-state index in [0.29, 0.717) is 12.0 Å². The van der Waals surface area contributed by atoms with Gasteiger partial charge in [0.25, 0.3) is 0 Å². The average Bonchev–Trinajstić information content (AvgIpc) is 2.34. The van der Waals surface area contributed by atoms with Gasteiger partial charge in [-0.05, 0) is 55.4 Å². The summed E-state index contributed by atoms with van der Waals surface area (Å²) in [6.45, 7) is 3.26. The quantitative estimate of drug-likeness (QED) is 0.893. The van der Waals surface area contributed by atoms with Gasteiger partial charge in [0.05, 0.1) is 0 Å². The molecule has 3 atom stereocenters. The van der Waals surface area contributed by atoms with Crippen molar-refractivity contribution in [3.63, 3.8) is 0 Å². The van der Waals surface area contributed by atoms with Crippen LogP contribution in [0.25, 0.3) is 0 Å². The first-order valence-corrected chi connectivity index (χ1v) is 6.78. The molecule has 0 saturated heterocycles. The molecule has 2 nitrogen and oxygen atoms in total. The number of nitrogens with zero attached hydrogens (tertiary/aromatic N) is 1. The minimum atomic E-state index is -0.185. The molecule has 1 aliphatic carbocycles. The summed E-state index contributed by atoms with van der Waals surface area (Å²) in [6, 6.07) is 6.98. The zero-order chi connectivity index (χ0) is 13.1. The fourth-order valence-corrected chi connectivity index (χ4v) is 2.88. The first kappa shape index (κ1) is 13.3. The maximum absolute atomic E-state index is 12.9. The van der Waals surface area contributed by atoms with E-state index in [1.54, 1.807) is 0 Å². The Morgan fingerprint density at radius 3 is 2.61 bits per heavy atom. The van der Waals surface area contributed by atoms with Crippen LogP contribution in [0.3, 0.4) is 0 Å². The van der Waals surface area contributed by atoms with Crippen molar-refractivity contribution in [2.75, 3.05) is 18.5 Å². The number of anilines is 1.